The first-order valence-electron chi connectivity index (χ1n) is 10.9. The number of carbonyl (C=O) groups excluding carboxylic acids is 2. The van der Waals surface area contributed by atoms with Crippen molar-refractivity contribution < 1.29 is 14.3 Å². The van der Waals surface area contributed by atoms with Gasteiger partial charge in [0.1, 0.15) is 5.75 Å². The van der Waals surface area contributed by atoms with Gasteiger partial charge in [0.2, 0.25) is 11.8 Å². The van der Waals surface area contributed by atoms with E-state index in [9.17, 15) is 9.59 Å². The molecule has 0 saturated heterocycles. The molecule has 2 fully saturated rings. The quantitative estimate of drug-likeness (QED) is 0.613. The highest BCUT2D eigenvalue weighted by molar-refractivity contribution is 9.10. The van der Waals surface area contributed by atoms with Crippen LogP contribution >= 0.6 is 15.9 Å². The molecule has 2 amide bonds. The number of hydrogen-bond donors (Lipinski definition) is 2. The van der Waals surface area contributed by atoms with Gasteiger partial charge >= 0.3 is 0 Å². The van der Waals surface area contributed by atoms with E-state index in [2.05, 4.69) is 26.6 Å². The molecule has 0 radical (unpaired) electrons. The van der Waals surface area contributed by atoms with E-state index in [4.69, 9.17) is 4.74 Å². The molecular weight excluding hydrogens is 432 g/mol. The molecule has 3 rings (SSSR count). The van der Waals surface area contributed by atoms with Crippen LogP contribution in [0.5, 0.6) is 5.75 Å². The van der Waals surface area contributed by atoms with Crippen LogP contribution in [0.2, 0.25) is 0 Å². The van der Waals surface area contributed by atoms with Crippen LogP contribution in [0.3, 0.4) is 0 Å². The summed E-state index contributed by atoms with van der Waals surface area (Å²) in [7, 11) is 1.64. The summed E-state index contributed by atoms with van der Waals surface area (Å²) >= 11 is 3.48. The van der Waals surface area contributed by atoms with Crippen molar-refractivity contribution in [1.29, 1.82) is 0 Å². The van der Waals surface area contributed by atoms with Crippen LogP contribution in [0.4, 0.5) is 0 Å². The van der Waals surface area contributed by atoms with Crippen LogP contribution in [0.1, 0.15) is 69.8 Å². The van der Waals surface area contributed by atoms with Gasteiger partial charge in [-0.3, -0.25) is 9.59 Å². The average Bonchev–Trinajstić information content (AvgIpc) is 2.73. The van der Waals surface area contributed by atoms with E-state index in [0.29, 0.717) is 18.9 Å². The molecule has 5 nitrogen and oxygen atoms in total. The highest BCUT2D eigenvalue weighted by Gasteiger charge is 2.27. The van der Waals surface area contributed by atoms with Crippen LogP contribution in [0.25, 0.3) is 0 Å². The van der Waals surface area contributed by atoms with E-state index in [-0.39, 0.29) is 23.8 Å². The minimum atomic E-state index is 0.0446. The molecule has 2 saturated carbocycles. The van der Waals surface area contributed by atoms with Gasteiger partial charge in [-0.15, -0.1) is 0 Å². The van der Waals surface area contributed by atoms with Crippen molar-refractivity contribution in [2.45, 2.75) is 76.8 Å². The summed E-state index contributed by atoms with van der Waals surface area (Å²) < 4.78 is 6.12. The molecule has 0 aliphatic heterocycles. The number of carbonyl (C=O) groups is 2. The van der Waals surface area contributed by atoms with Gasteiger partial charge in [0, 0.05) is 24.9 Å². The highest BCUT2D eigenvalue weighted by Crippen LogP contribution is 2.28. The largest absolute Gasteiger partial charge is 0.496 e. The summed E-state index contributed by atoms with van der Waals surface area (Å²) in [5, 5.41) is 6.27. The lowest BCUT2D eigenvalue weighted by Crippen LogP contribution is -2.41. The van der Waals surface area contributed by atoms with E-state index >= 15 is 0 Å². The molecule has 0 heterocycles. The Morgan fingerprint density at radius 2 is 1.79 bits per heavy atom. The zero-order valence-electron chi connectivity index (χ0n) is 17.3. The monoisotopic (exact) mass is 464 g/mol. The Kier molecular flexibility index (Phi) is 8.40. The Balaban J connectivity index is 1.36. The van der Waals surface area contributed by atoms with Crippen molar-refractivity contribution in [1.82, 2.24) is 10.6 Å². The maximum Gasteiger partial charge on any atom is 0.223 e. The molecule has 0 unspecified atom stereocenters. The first-order valence-corrected chi connectivity index (χ1v) is 11.7. The molecule has 0 spiro atoms. The van der Waals surface area contributed by atoms with Crippen molar-refractivity contribution in [3.05, 3.63) is 28.2 Å². The van der Waals surface area contributed by atoms with Gasteiger partial charge in [-0.05, 0) is 78.1 Å². The lowest BCUT2D eigenvalue weighted by atomic mass is 9.84. The van der Waals surface area contributed by atoms with E-state index in [1.54, 1.807) is 7.11 Å². The lowest BCUT2D eigenvalue weighted by molar-refractivity contribution is -0.126. The molecule has 0 aromatic heterocycles. The fourth-order valence-corrected chi connectivity index (χ4v) is 5.18. The maximum atomic E-state index is 12.5. The third-order valence-electron chi connectivity index (χ3n) is 6.34. The van der Waals surface area contributed by atoms with E-state index < -0.39 is 0 Å². The Morgan fingerprint density at radius 1 is 1.07 bits per heavy atom. The normalized spacial score (nSPS) is 22.7. The fourth-order valence-electron chi connectivity index (χ4n) is 4.59. The van der Waals surface area contributed by atoms with Gasteiger partial charge in [-0.2, -0.15) is 0 Å². The van der Waals surface area contributed by atoms with E-state index in [1.807, 2.05) is 18.2 Å². The molecule has 1 aromatic rings. The fraction of sp³-hybridized carbons (Fsp3) is 0.652. The molecule has 160 valence electrons. The molecule has 6 heteroatoms. The Bertz CT molecular complexity index is 695. The summed E-state index contributed by atoms with van der Waals surface area (Å²) in [6.45, 7) is 0.513. The number of halogens is 1. The van der Waals surface area contributed by atoms with Crippen LogP contribution in [0.15, 0.2) is 22.7 Å². The van der Waals surface area contributed by atoms with Crippen molar-refractivity contribution in [2.75, 3.05) is 7.11 Å². The number of ether oxygens (including phenoxy) is 1. The minimum absolute atomic E-state index is 0.0446. The standard InChI is InChI=1S/C23H33BrN2O3/c1-29-21-12-7-17(13-20(21)24)15-25-23(28)18-8-10-19(11-9-18)26-22(27)14-16-5-3-2-4-6-16/h7,12-13,16,18-19H,2-6,8-11,14-15H2,1H3,(H,25,28)(H,26,27). The summed E-state index contributed by atoms with van der Waals surface area (Å²) in [4.78, 5) is 24.9. The average molecular weight is 465 g/mol. The molecule has 2 N–H and O–H groups in total. The Morgan fingerprint density at radius 3 is 2.45 bits per heavy atom. The van der Waals surface area contributed by atoms with Gasteiger partial charge < -0.3 is 15.4 Å². The van der Waals surface area contributed by atoms with Gasteiger partial charge in [0.05, 0.1) is 11.6 Å². The molecule has 2 aliphatic rings. The van der Waals surface area contributed by atoms with Crippen molar-refractivity contribution >= 4 is 27.7 Å². The van der Waals surface area contributed by atoms with E-state index in [1.165, 1.54) is 32.1 Å². The third kappa shape index (κ3) is 6.73. The zero-order chi connectivity index (χ0) is 20.6. The van der Waals surface area contributed by atoms with Crippen LogP contribution < -0.4 is 15.4 Å². The summed E-state index contributed by atoms with van der Waals surface area (Å²) in [5.41, 5.74) is 1.04. The summed E-state index contributed by atoms with van der Waals surface area (Å²) in [6, 6.07) is 6.06. The zero-order valence-corrected chi connectivity index (χ0v) is 18.9. The number of hydrogen-bond acceptors (Lipinski definition) is 3. The van der Waals surface area contributed by atoms with Gasteiger partial charge in [0.15, 0.2) is 0 Å². The van der Waals surface area contributed by atoms with Crippen LogP contribution in [-0.4, -0.2) is 25.0 Å². The van der Waals surface area contributed by atoms with Crippen LogP contribution in [0, 0.1) is 11.8 Å². The van der Waals surface area contributed by atoms with Gasteiger partial charge in [0.25, 0.3) is 0 Å². The van der Waals surface area contributed by atoms with Crippen molar-refractivity contribution in [2.24, 2.45) is 11.8 Å². The van der Waals surface area contributed by atoms with E-state index in [0.717, 1.165) is 41.5 Å². The predicted molar refractivity (Wildman–Crippen MR) is 118 cm³/mol. The second-order valence-electron chi connectivity index (χ2n) is 8.51. The number of benzene rings is 1. The lowest BCUT2D eigenvalue weighted by Gasteiger charge is -2.29. The smallest absolute Gasteiger partial charge is 0.223 e. The molecule has 0 bridgehead atoms. The first kappa shape index (κ1) is 22.1. The highest BCUT2D eigenvalue weighted by atomic mass is 79.9. The predicted octanol–water partition coefficient (Wildman–Crippen LogP) is 4.72. The SMILES string of the molecule is COc1ccc(CNC(=O)C2CCC(NC(=O)CC3CCCCC3)CC2)cc1Br. The van der Waals surface area contributed by atoms with Crippen LogP contribution in [-0.2, 0) is 16.1 Å². The van der Waals surface area contributed by atoms with Gasteiger partial charge in [-0.1, -0.05) is 25.3 Å². The number of nitrogens with one attached hydrogen (secondary N) is 2. The first-order chi connectivity index (χ1) is 14.0. The second kappa shape index (κ2) is 11.0. The number of amides is 2. The number of rotatable bonds is 7. The molecule has 0 atom stereocenters. The Labute approximate surface area is 182 Å². The summed E-state index contributed by atoms with van der Waals surface area (Å²) in [5.74, 6) is 1.72. The molecule has 2 aliphatic carbocycles. The van der Waals surface area contributed by atoms with Crippen molar-refractivity contribution in [3.63, 3.8) is 0 Å². The topological polar surface area (TPSA) is 67.4 Å². The number of methoxy groups -OCH3 is 1. The molecule has 29 heavy (non-hydrogen) atoms. The second-order valence-corrected chi connectivity index (χ2v) is 9.37. The molecule has 1 aromatic carbocycles. The summed E-state index contributed by atoms with van der Waals surface area (Å²) in [6.07, 6.45) is 10.4. The minimum Gasteiger partial charge on any atom is -0.496 e. The Hall–Kier alpha value is -1.56. The third-order valence-corrected chi connectivity index (χ3v) is 6.96. The van der Waals surface area contributed by atoms with Gasteiger partial charge in [-0.25, -0.2) is 0 Å². The maximum absolute atomic E-state index is 12.5. The molecular formula is C23H33BrN2O3. The van der Waals surface area contributed by atoms with Crippen molar-refractivity contribution in [3.8, 4) is 5.75 Å².